The number of hydrogen-bond donors (Lipinski definition) is 1. The topological polar surface area (TPSA) is 60.9 Å². The molecule has 1 aliphatic heterocycles. The number of aromatic nitrogens is 4. The molecule has 138 valence electrons. The standard InChI is InChI=1S/C21H24N6/c1-3-8-18(9-4-1)10-7-13-26-14-15-27(17-21-22-24-25-23-21)20(16-26)19-11-5-2-6-12-19/h1-12,20H,13-17H2,(H,22,23,24,25). The molecule has 1 aliphatic rings. The third kappa shape index (κ3) is 4.67. The quantitative estimate of drug-likeness (QED) is 0.732. The summed E-state index contributed by atoms with van der Waals surface area (Å²) in [5.41, 5.74) is 2.57. The van der Waals surface area contributed by atoms with E-state index in [9.17, 15) is 0 Å². The van der Waals surface area contributed by atoms with Gasteiger partial charge in [0.25, 0.3) is 0 Å². The third-order valence-electron chi connectivity index (χ3n) is 4.97. The monoisotopic (exact) mass is 360 g/mol. The maximum absolute atomic E-state index is 4.13. The maximum atomic E-state index is 4.13. The van der Waals surface area contributed by atoms with Crippen LogP contribution < -0.4 is 0 Å². The van der Waals surface area contributed by atoms with Gasteiger partial charge in [0.2, 0.25) is 0 Å². The van der Waals surface area contributed by atoms with E-state index < -0.39 is 0 Å². The molecule has 0 spiro atoms. The molecule has 3 aromatic rings. The van der Waals surface area contributed by atoms with Gasteiger partial charge in [-0.2, -0.15) is 5.21 Å². The van der Waals surface area contributed by atoms with Crippen molar-refractivity contribution in [2.75, 3.05) is 26.2 Å². The van der Waals surface area contributed by atoms with Crippen molar-refractivity contribution in [2.45, 2.75) is 12.6 Å². The van der Waals surface area contributed by atoms with Crippen LogP contribution in [0.25, 0.3) is 6.08 Å². The Hall–Kier alpha value is -2.83. The lowest BCUT2D eigenvalue weighted by molar-refractivity contribution is 0.0728. The molecule has 1 saturated heterocycles. The zero-order chi connectivity index (χ0) is 18.3. The molecule has 27 heavy (non-hydrogen) atoms. The minimum atomic E-state index is 0.323. The highest BCUT2D eigenvalue weighted by Crippen LogP contribution is 2.26. The molecule has 6 nitrogen and oxygen atoms in total. The molecule has 0 bridgehead atoms. The predicted octanol–water partition coefficient (Wildman–Crippen LogP) is 2.77. The van der Waals surface area contributed by atoms with Crippen molar-refractivity contribution in [3.8, 4) is 0 Å². The van der Waals surface area contributed by atoms with Gasteiger partial charge in [-0.1, -0.05) is 78.0 Å². The number of benzene rings is 2. The first-order valence-corrected chi connectivity index (χ1v) is 9.34. The first-order chi connectivity index (χ1) is 13.4. The lowest BCUT2D eigenvalue weighted by Gasteiger charge is -2.41. The van der Waals surface area contributed by atoms with Crippen molar-refractivity contribution < 1.29 is 0 Å². The van der Waals surface area contributed by atoms with Gasteiger partial charge in [-0.3, -0.25) is 9.80 Å². The smallest absolute Gasteiger partial charge is 0.188 e. The number of aromatic amines is 1. The molecule has 4 rings (SSSR count). The van der Waals surface area contributed by atoms with E-state index in [2.05, 4.69) is 97.2 Å². The Morgan fingerprint density at radius 2 is 1.78 bits per heavy atom. The molecule has 2 heterocycles. The van der Waals surface area contributed by atoms with Crippen molar-refractivity contribution >= 4 is 6.08 Å². The van der Waals surface area contributed by atoms with E-state index in [-0.39, 0.29) is 0 Å². The number of hydrogen-bond acceptors (Lipinski definition) is 5. The van der Waals surface area contributed by atoms with E-state index in [1.165, 1.54) is 11.1 Å². The summed E-state index contributed by atoms with van der Waals surface area (Å²) in [6, 6.07) is 21.5. The number of nitrogens with zero attached hydrogens (tertiary/aromatic N) is 5. The van der Waals surface area contributed by atoms with Gasteiger partial charge in [0.1, 0.15) is 0 Å². The lowest BCUT2D eigenvalue weighted by atomic mass is 10.0. The fraction of sp³-hybridized carbons (Fsp3) is 0.286. The molecule has 0 saturated carbocycles. The van der Waals surface area contributed by atoms with Crippen molar-refractivity contribution in [3.63, 3.8) is 0 Å². The summed E-state index contributed by atoms with van der Waals surface area (Å²) in [6.45, 7) is 4.66. The van der Waals surface area contributed by atoms with Crippen molar-refractivity contribution in [1.82, 2.24) is 30.4 Å². The Labute approximate surface area is 159 Å². The Morgan fingerprint density at radius 3 is 2.52 bits per heavy atom. The molecule has 1 aromatic heterocycles. The first-order valence-electron chi connectivity index (χ1n) is 9.34. The zero-order valence-electron chi connectivity index (χ0n) is 15.3. The van der Waals surface area contributed by atoms with Crippen LogP contribution in [-0.2, 0) is 6.54 Å². The van der Waals surface area contributed by atoms with Crippen LogP contribution in [0.1, 0.15) is 23.0 Å². The second-order valence-electron chi connectivity index (χ2n) is 6.80. The van der Waals surface area contributed by atoms with Crippen LogP contribution >= 0.6 is 0 Å². The van der Waals surface area contributed by atoms with Gasteiger partial charge in [0.15, 0.2) is 5.82 Å². The molecule has 0 aliphatic carbocycles. The second kappa shape index (κ2) is 8.70. The van der Waals surface area contributed by atoms with E-state index >= 15 is 0 Å². The fourth-order valence-corrected chi connectivity index (χ4v) is 3.56. The SMILES string of the molecule is C(=Cc1ccccc1)CN1CCN(Cc2nn[nH]n2)C(c2ccccc2)C1. The predicted molar refractivity (Wildman–Crippen MR) is 106 cm³/mol. The van der Waals surface area contributed by atoms with Gasteiger partial charge in [0, 0.05) is 32.2 Å². The normalized spacial score (nSPS) is 18.9. The van der Waals surface area contributed by atoms with Gasteiger partial charge in [-0.05, 0) is 11.1 Å². The Bertz CT molecular complexity index is 832. The summed E-state index contributed by atoms with van der Waals surface area (Å²) < 4.78 is 0. The minimum absolute atomic E-state index is 0.323. The van der Waals surface area contributed by atoms with E-state index in [0.29, 0.717) is 12.6 Å². The average molecular weight is 360 g/mol. The van der Waals surface area contributed by atoms with Crippen molar-refractivity contribution in [1.29, 1.82) is 0 Å². The minimum Gasteiger partial charge on any atom is -0.297 e. The van der Waals surface area contributed by atoms with Crippen molar-refractivity contribution in [3.05, 3.63) is 83.7 Å². The van der Waals surface area contributed by atoms with E-state index in [0.717, 1.165) is 32.0 Å². The van der Waals surface area contributed by atoms with E-state index in [4.69, 9.17) is 0 Å². The molecule has 1 unspecified atom stereocenters. The van der Waals surface area contributed by atoms with Gasteiger partial charge in [-0.25, -0.2) is 0 Å². The lowest BCUT2D eigenvalue weighted by Crippen LogP contribution is -2.48. The van der Waals surface area contributed by atoms with Crippen LogP contribution in [0.4, 0.5) is 0 Å². The summed E-state index contributed by atoms with van der Waals surface area (Å²) in [4.78, 5) is 4.95. The summed E-state index contributed by atoms with van der Waals surface area (Å²) in [6.07, 6.45) is 4.45. The van der Waals surface area contributed by atoms with Crippen LogP contribution in [0.3, 0.4) is 0 Å². The summed E-state index contributed by atoms with van der Waals surface area (Å²) >= 11 is 0. The summed E-state index contributed by atoms with van der Waals surface area (Å²) in [5.74, 6) is 0.744. The number of piperazine rings is 1. The largest absolute Gasteiger partial charge is 0.297 e. The highest BCUT2D eigenvalue weighted by molar-refractivity contribution is 5.48. The molecule has 0 radical (unpaired) electrons. The fourth-order valence-electron chi connectivity index (χ4n) is 3.56. The molecule has 0 amide bonds. The number of rotatable bonds is 6. The van der Waals surface area contributed by atoms with Gasteiger partial charge in [0.05, 0.1) is 6.54 Å². The highest BCUT2D eigenvalue weighted by atomic mass is 15.5. The molecular weight excluding hydrogens is 336 g/mol. The second-order valence-corrected chi connectivity index (χ2v) is 6.80. The molecule has 6 heteroatoms. The molecular formula is C21H24N6. The summed E-state index contributed by atoms with van der Waals surface area (Å²) in [5, 5.41) is 14.5. The van der Waals surface area contributed by atoms with Crippen LogP contribution in [-0.4, -0.2) is 56.6 Å². The third-order valence-corrected chi connectivity index (χ3v) is 4.97. The van der Waals surface area contributed by atoms with E-state index in [1.807, 2.05) is 6.07 Å². The van der Waals surface area contributed by atoms with Gasteiger partial charge in [-0.15, -0.1) is 10.2 Å². The molecule has 1 atom stereocenters. The Morgan fingerprint density at radius 1 is 1.00 bits per heavy atom. The Kier molecular flexibility index (Phi) is 5.67. The molecule has 2 aromatic carbocycles. The molecule has 1 fully saturated rings. The number of tetrazole rings is 1. The Balaban J connectivity index is 1.44. The highest BCUT2D eigenvalue weighted by Gasteiger charge is 2.28. The maximum Gasteiger partial charge on any atom is 0.188 e. The van der Waals surface area contributed by atoms with Crippen LogP contribution in [0.5, 0.6) is 0 Å². The number of nitrogens with one attached hydrogen (secondary N) is 1. The van der Waals surface area contributed by atoms with Crippen LogP contribution in [0.15, 0.2) is 66.7 Å². The van der Waals surface area contributed by atoms with Crippen LogP contribution in [0.2, 0.25) is 0 Å². The summed E-state index contributed by atoms with van der Waals surface area (Å²) in [7, 11) is 0. The number of H-pyrrole nitrogens is 1. The average Bonchev–Trinajstić information content (AvgIpc) is 3.24. The van der Waals surface area contributed by atoms with Crippen LogP contribution in [0, 0.1) is 0 Å². The first kappa shape index (κ1) is 17.6. The van der Waals surface area contributed by atoms with Gasteiger partial charge < -0.3 is 0 Å². The molecule has 1 N–H and O–H groups in total. The van der Waals surface area contributed by atoms with E-state index in [1.54, 1.807) is 0 Å². The van der Waals surface area contributed by atoms with Crippen molar-refractivity contribution in [2.24, 2.45) is 0 Å². The zero-order valence-corrected chi connectivity index (χ0v) is 15.3. The van der Waals surface area contributed by atoms with Gasteiger partial charge >= 0.3 is 0 Å².